The molecule has 1 heterocycles. The summed E-state index contributed by atoms with van der Waals surface area (Å²) in [6.45, 7) is 2.74. The highest BCUT2D eigenvalue weighted by molar-refractivity contribution is 7.98. The zero-order chi connectivity index (χ0) is 17.5. The molecule has 1 aromatic heterocycles. The van der Waals surface area contributed by atoms with E-state index in [4.69, 9.17) is 0 Å². The average Bonchev–Trinajstić information content (AvgIpc) is 3.18. The lowest BCUT2D eigenvalue weighted by atomic mass is 10.2. The fraction of sp³-hybridized carbons (Fsp3) is 0.211. The SMILES string of the molecule is Cc1ccc(CSCCNC(=O)c2ccc(-n3cncn3)cc2)cc1. The molecule has 5 nitrogen and oxygen atoms in total. The normalized spacial score (nSPS) is 10.6. The molecule has 25 heavy (non-hydrogen) atoms. The fourth-order valence-corrected chi connectivity index (χ4v) is 3.14. The molecular formula is C19H20N4OS. The van der Waals surface area contributed by atoms with Crippen LogP contribution in [-0.4, -0.2) is 33.0 Å². The fourth-order valence-electron chi connectivity index (χ4n) is 2.32. The van der Waals surface area contributed by atoms with Gasteiger partial charge in [0.1, 0.15) is 12.7 Å². The van der Waals surface area contributed by atoms with Gasteiger partial charge in [-0.25, -0.2) is 9.67 Å². The van der Waals surface area contributed by atoms with Crippen molar-refractivity contribution in [3.63, 3.8) is 0 Å². The van der Waals surface area contributed by atoms with Crippen molar-refractivity contribution in [2.75, 3.05) is 12.3 Å². The monoisotopic (exact) mass is 352 g/mol. The lowest BCUT2D eigenvalue weighted by Crippen LogP contribution is -2.25. The largest absolute Gasteiger partial charge is 0.351 e. The molecule has 6 heteroatoms. The molecule has 0 bridgehead atoms. The summed E-state index contributed by atoms with van der Waals surface area (Å²) in [5, 5.41) is 7.02. The van der Waals surface area contributed by atoms with Crippen LogP contribution < -0.4 is 5.32 Å². The highest BCUT2D eigenvalue weighted by atomic mass is 32.2. The van der Waals surface area contributed by atoms with Crippen molar-refractivity contribution >= 4 is 17.7 Å². The van der Waals surface area contributed by atoms with E-state index >= 15 is 0 Å². The van der Waals surface area contributed by atoms with Gasteiger partial charge in [0.2, 0.25) is 0 Å². The van der Waals surface area contributed by atoms with Crippen molar-refractivity contribution in [2.24, 2.45) is 0 Å². The maximum absolute atomic E-state index is 12.2. The number of aromatic nitrogens is 3. The Labute approximate surface area is 151 Å². The molecule has 0 aliphatic rings. The van der Waals surface area contributed by atoms with E-state index in [9.17, 15) is 4.79 Å². The molecule has 0 aliphatic heterocycles. The number of hydrogen-bond acceptors (Lipinski definition) is 4. The summed E-state index contributed by atoms with van der Waals surface area (Å²) in [5.41, 5.74) is 4.11. The first-order chi connectivity index (χ1) is 12.2. The van der Waals surface area contributed by atoms with E-state index in [0.29, 0.717) is 12.1 Å². The maximum atomic E-state index is 12.2. The van der Waals surface area contributed by atoms with Crippen molar-refractivity contribution in [3.05, 3.63) is 77.9 Å². The Balaban J connectivity index is 1.41. The van der Waals surface area contributed by atoms with Gasteiger partial charge >= 0.3 is 0 Å². The van der Waals surface area contributed by atoms with E-state index < -0.39 is 0 Å². The van der Waals surface area contributed by atoms with Gasteiger partial charge in [-0.3, -0.25) is 4.79 Å². The van der Waals surface area contributed by atoms with Crippen LogP contribution in [0, 0.1) is 6.92 Å². The third kappa shape index (κ3) is 4.93. The summed E-state index contributed by atoms with van der Waals surface area (Å²) < 4.78 is 1.66. The maximum Gasteiger partial charge on any atom is 0.251 e. The molecule has 0 saturated heterocycles. The van der Waals surface area contributed by atoms with Crippen LogP contribution in [0.5, 0.6) is 0 Å². The molecular weight excluding hydrogens is 332 g/mol. The topological polar surface area (TPSA) is 59.8 Å². The van der Waals surface area contributed by atoms with Gasteiger partial charge in [0, 0.05) is 23.6 Å². The van der Waals surface area contributed by atoms with Crippen LogP contribution in [-0.2, 0) is 5.75 Å². The van der Waals surface area contributed by atoms with E-state index in [1.54, 1.807) is 23.1 Å². The number of rotatable bonds is 7. The summed E-state index contributed by atoms with van der Waals surface area (Å²) in [6, 6.07) is 15.9. The summed E-state index contributed by atoms with van der Waals surface area (Å²) in [4.78, 5) is 16.1. The van der Waals surface area contributed by atoms with E-state index in [1.165, 1.54) is 17.5 Å². The number of thioether (sulfide) groups is 1. The Morgan fingerprint density at radius 3 is 2.56 bits per heavy atom. The van der Waals surface area contributed by atoms with Crippen LogP contribution in [0.1, 0.15) is 21.5 Å². The standard InChI is InChI=1S/C19H20N4OS/c1-15-2-4-16(5-3-15)12-25-11-10-21-19(24)17-6-8-18(9-7-17)23-14-20-13-22-23/h2-9,13-14H,10-12H2,1H3,(H,21,24). The molecule has 2 aromatic carbocycles. The number of nitrogens with zero attached hydrogens (tertiary/aromatic N) is 3. The first-order valence-electron chi connectivity index (χ1n) is 8.09. The summed E-state index contributed by atoms with van der Waals surface area (Å²) in [7, 11) is 0. The molecule has 128 valence electrons. The molecule has 0 saturated carbocycles. The van der Waals surface area contributed by atoms with Gasteiger partial charge in [0.05, 0.1) is 5.69 Å². The highest BCUT2D eigenvalue weighted by Crippen LogP contribution is 2.12. The minimum Gasteiger partial charge on any atom is -0.351 e. The first kappa shape index (κ1) is 17.2. The lowest BCUT2D eigenvalue weighted by molar-refractivity contribution is 0.0956. The zero-order valence-electron chi connectivity index (χ0n) is 14.1. The third-order valence-electron chi connectivity index (χ3n) is 3.73. The van der Waals surface area contributed by atoms with Gasteiger partial charge in [-0.1, -0.05) is 29.8 Å². The van der Waals surface area contributed by atoms with Gasteiger partial charge in [0.15, 0.2) is 0 Å². The van der Waals surface area contributed by atoms with Crippen molar-refractivity contribution in [2.45, 2.75) is 12.7 Å². The molecule has 0 atom stereocenters. The average molecular weight is 352 g/mol. The van der Waals surface area contributed by atoms with Gasteiger partial charge < -0.3 is 5.32 Å². The Bertz CT molecular complexity index is 798. The van der Waals surface area contributed by atoms with Crippen LogP contribution in [0.2, 0.25) is 0 Å². The van der Waals surface area contributed by atoms with Crippen LogP contribution in [0.4, 0.5) is 0 Å². The van der Waals surface area contributed by atoms with E-state index in [-0.39, 0.29) is 5.91 Å². The minimum atomic E-state index is -0.0546. The molecule has 1 amide bonds. The molecule has 3 aromatic rings. The van der Waals surface area contributed by atoms with Crippen molar-refractivity contribution in [3.8, 4) is 5.69 Å². The van der Waals surface area contributed by atoms with Gasteiger partial charge in [0.25, 0.3) is 5.91 Å². The second-order valence-electron chi connectivity index (χ2n) is 5.68. The Hall–Kier alpha value is -2.60. The molecule has 0 aliphatic carbocycles. The van der Waals surface area contributed by atoms with Crippen LogP contribution in [0.15, 0.2) is 61.2 Å². The predicted octanol–water partition coefficient (Wildman–Crippen LogP) is 3.24. The van der Waals surface area contributed by atoms with Crippen LogP contribution in [0.25, 0.3) is 5.69 Å². The van der Waals surface area contributed by atoms with Crippen molar-refractivity contribution < 1.29 is 4.79 Å². The molecule has 0 unspecified atom stereocenters. The van der Waals surface area contributed by atoms with E-state index in [2.05, 4.69) is 46.6 Å². The van der Waals surface area contributed by atoms with Crippen molar-refractivity contribution in [1.82, 2.24) is 20.1 Å². The van der Waals surface area contributed by atoms with E-state index in [0.717, 1.165) is 17.2 Å². The molecule has 0 spiro atoms. The van der Waals surface area contributed by atoms with E-state index in [1.807, 2.05) is 23.9 Å². The number of hydrogen-bond donors (Lipinski definition) is 1. The number of benzene rings is 2. The second kappa shape index (κ2) is 8.48. The Morgan fingerprint density at radius 2 is 1.88 bits per heavy atom. The molecule has 1 N–H and O–H groups in total. The minimum absolute atomic E-state index is 0.0546. The smallest absolute Gasteiger partial charge is 0.251 e. The summed E-state index contributed by atoms with van der Waals surface area (Å²) >= 11 is 1.82. The van der Waals surface area contributed by atoms with Crippen molar-refractivity contribution in [1.29, 1.82) is 0 Å². The molecule has 0 fully saturated rings. The predicted molar refractivity (Wildman–Crippen MR) is 101 cm³/mol. The van der Waals surface area contributed by atoms with Gasteiger partial charge in [-0.15, -0.1) is 0 Å². The van der Waals surface area contributed by atoms with Gasteiger partial charge in [-0.05, 0) is 36.8 Å². The Kier molecular flexibility index (Phi) is 5.85. The number of amides is 1. The lowest BCUT2D eigenvalue weighted by Gasteiger charge is -2.07. The third-order valence-corrected chi connectivity index (χ3v) is 4.76. The molecule has 3 rings (SSSR count). The molecule has 0 radical (unpaired) electrons. The van der Waals surface area contributed by atoms with Crippen LogP contribution in [0.3, 0.4) is 0 Å². The number of carbonyl (C=O) groups is 1. The zero-order valence-corrected chi connectivity index (χ0v) is 14.9. The summed E-state index contributed by atoms with van der Waals surface area (Å²) in [6.07, 6.45) is 3.11. The highest BCUT2D eigenvalue weighted by Gasteiger charge is 2.05. The number of aryl methyl sites for hydroxylation is 1. The van der Waals surface area contributed by atoms with Crippen LogP contribution >= 0.6 is 11.8 Å². The Morgan fingerprint density at radius 1 is 1.12 bits per heavy atom. The first-order valence-corrected chi connectivity index (χ1v) is 9.24. The van der Waals surface area contributed by atoms with Gasteiger partial charge in [-0.2, -0.15) is 16.9 Å². The second-order valence-corrected chi connectivity index (χ2v) is 6.79. The number of carbonyl (C=O) groups excluding carboxylic acids is 1. The summed E-state index contributed by atoms with van der Waals surface area (Å²) in [5.74, 6) is 1.79. The quantitative estimate of drug-likeness (QED) is 0.663. The number of nitrogens with one attached hydrogen (secondary N) is 1.